The third-order valence-electron chi connectivity index (χ3n) is 3.49. The van der Waals surface area contributed by atoms with Gasteiger partial charge in [-0.25, -0.2) is 0 Å². The van der Waals surface area contributed by atoms with Gasteiger partial charge in [0.05, 0.1) is 17.3 Å². The van der Waals surface area contributed by atoms with Gasteiger partial charge in [0, 0.05) is 18.5 Å². The zero-order chi connectivity index (χ0) is 17.5. The molecule has 0 heterocycles. The Hall–Kier alpha value is -2.04. The topological polar surface area (TPSA) is 49.4 Å². The Labute approximate surface area is 151 Å². The standard InChI is InChI=1S/C18H18Cl2N2O2/c1-13(23)22(10-9-14-5-4-6-15(19)11-14)12-18(24)21-17-8-3-2-7-16(17)20/h2-8,11H,9-10,12H2,1H3,(H,21,24). The minimum absolute atomic E-state index is 0.0267. The molecule has 0 saturated carbocycles. The third-order valence-corrected chi connectivity index (χ3v) is 4.05. The van der Waals surface area contributed by atoms with Crippen LogP contribution in [0, 0.1) is 0 Å². The minimum atomic E-state index is -0.288. The first-order chi connectivity index (χ1) is 11.5. The first kappa shape index (κ1) is 18.3. The molecule has 1 N–H and O–H groups in total. The second-order valence-electron chi connectivity index (χ2n) is 5.35. The summed E-state index contributed by atoms with van der Waals surface area (Å²) in [5.41, 5.74) is 1.54. The van der Waals surface area contributed by atoms with Gasteiger partial charge in [-0.1, -0.05) is 47.5 Å². The zero-order valence-corrected chi connectivity index (χ0v) is 14.8. The second-order valence-corrected chi connectivity index (χ2v) is 6.19. The predicted octanol–water partition coefficient (Wildman–Crippen LogP) is 4.02. The zero-order valence-electron chi connectivity index (χ0n) is 13.3. The number of halogens is 2. The number of hydrogen-bond acceptors (Lipinski definition) is 2. The molecule has 0 fully saturated rings. The van der Waals surface area contributed by atoms with E-state index in [4.69, 9.17) is 23.2 Å². The summed E-state index contributed by atoms with van der Waals surface area (Å²) in [4.78, 5) is 25.4. The summed E-state index contributed by atoms with van der Waals surface area (Å²) in [6, 6.07) is 14.4. The Morgan fingerprint density at radius 3 is 2.50 bits per heavy atom. The van der Waals surface area contributed by atoms with Crippen LogP contribution in [0.5, 0.6) is 0 Å². The lowest BCUT2D eigenvalue weighted by atomic mass is 10.1. The minimum Gasteiger partial charge on any atom is -0.333 e. The molecule has 0 aromatic heterocycles. The first-order valence-corrected chi connectivity index (χ1v) is 8.25. The van der Waals surface area contributed by atoms with E-state index in [-0.39, 0.29) is 18.4 Å². The molecule has 0 saturated heterocycles. The fourth-order valence-corrected chi connectivity index (χ4v) is 2.63. The monoisotopic (exact) mass is 364 g/mol. The number of benzene rings is 2. The van der Waals surface area contributed by atoms with Gasteiger partial charge in [0.2, 0.25) is 11.8 Å². The van der Waals surface area contributed by atoms with Crippen LogP contribution in [-0.4, -0.2) is 29.8 Å². The molecule has 0 radical (unpaired) electrons. The van der Waals surface area contributed by atoms with Crippen molar-refractivity contribution in [2.45, 2.75) is 13.3 Å². The van der Waals surface area contributed by atoms with Crippen molar-refractivity contribution in [1.82, 2.24) is 4.90 Å². The molecule has 4 nitrogen and oxygen atoms in total. The summed E-state index contributed by atoms with van der Waals surface area (Å²) in [5, 5.41) is 3.83. The maximum absolute atomic E-state index is 12.2. The van der Waals surface area contributed by atoms with Crippen LogP contribution in [0.15, 0.2) is 48.5 Å². The molecule has 0 aliphatic rings. The lowest BCUT2D eigenvalue weighted by Gasteiger charge is -2.20. The van der Waals surface area contributed by atoms with Gasteiger partial charge in [-0.3, -0.25) is 9.59 Å². The molecule has 2 aromatic carbocycles. The second kappa shape index (κ2) is 8.71. The van der Waals surface area contributed by atoms with Gasteiger partial charge >= 0.3 is 0 Å². The first-order valence-electron chi connectivity index (χ1n) is 7.50. The number of carbonyl (C=O) groups is 2. The van der Waals surface area contributed by atoms with Crippen molar-refractivity contribution in [2.24, 2.45) is 0 Å². The summed E-state index contributed by atoms with van der Waals surface area (Å²) in [6.45, 7) is 1.85. The largest absolute Gasteiger partial charge is 0.333 e. The lowest BCUT2D eigenvalue weighted by molar-refractivity contribution is -0.132. The Morgan fingerprint density at radius 1 is 1.08 bits per heavy atom. The van der Waals surface area contributed by atoms with Crippen LogP contribution in [0.1, 0.15) is 12.5 Å². The summed E-state index contributed by atoms with van der Waals surface area (Å²) in [5.74, 6) is -0.448. The normalized spacial score (nSPS) is 10.3. The molecule has 2 rings (SSSR count). The number of anilines is 1. The summed E-state index contributed by atoms with van der Waals surface area (Å²) >= 11 is 12.0. The van der Waals surface area contributed by atoms with Gasteiger partial charge in [-0.05, 0) is 36.2 Å². The molecule has 2 aromatic rings. The number of amides is 2. The highest BCUT2D eigenvalue weighted by molar-refractivity contribution is 6.33. The fraction of sp³-hybridized carbons (Fsp3) is 0.222. The Morgan fingerprint density at radius 2 is 1.83 bits per heavy atom. The average molecular weight is 365 g/mol. The third kappa shape index (κ3) is 5.55. The van der Waals surface area contributed by atoms with Crippen molar-refractivity contribution in [3.63, 3.8) is 0 Å². The van der Waals surface area contributed by atoms with Crippen molar-refractivity contribution in [3.8, 4) is 0 Å². The van der Waals surface area contributed by atoms with Gasteiger partial charge in [-0.2, -0.15) is 0 Å². The van der Waals surface area contributed by atoms with Crippen LogP contribution in [0.2, 0.25) is 10.0 Å². The van der Waals surface area contributed by atoms with E-state index in [2.05, 4.69) is 5.32 Å². The van der Waals surface area contributed by atoms with E-state index >= 15 is 0 Å². The van der Waals surface area contributed by atoms with Crippen molar-refractivity contribution >= 4 is 40.7 Å². The highest BCUT2D eigenvalue weighted by atomic mass is 35.5. The van der Waals surface area contributed by atoms with E-state index in [0.717, 1.165) is 5.56 Å². The number of para-hydroxylation sites is 1. The van der Waals surface area contributed by atoms with Gasteiger partial charge < -0.3 is 10.2 Å². The van der Waals surface area contributed by atoms with Crippen molar-refractivity contribution < 1.29 is 9.59 Å². The number of nitrogens with one attached hydrogen (secondary N) is 1. The summed E-state index contributed by atoms with van der Waals surface area (Å²) in [6.07, 6.45) is 0.625. The van der Waals surface area contributed by atoms with E-state index in [9.17, 15) is 9.59 Å². The number of nitrogens with zero attached hydrogens (tertiary/aromatic N) is 1. The lowest BCUT2D eigenvalue weighted by Crippen LogP contribution is -2.38. The fourth-order valence-electron chi connectivity index (χ4n) is 2.23. The predicted molar refractivity (Wildman–Crippen MR) is 97.5 cm³/mol. The highest BCUT2D eigenvalue weighted by Gasteiger charge is 2.14. The molecule has 0 aliphatic heterocycles. The molecule has 24 heavy (non-hydrogen) atoms. The maximum Gasteiger partial charge on any atom is 0.244 e. The summed E-state index contributed by atoms with van der Waals surface area (Å²) < 4.78 is 0. The molecule has 0 unspecified atom stereocenters. The van der Waals surface area contributed by atoms with Crippen molar-refractivity contribution in [1.29, 1.82) is 0 Å². The smallest absolute Gasteiger partial charge is 0.244 e. The molecule has 2 amide bonds. The Kier molecular flexibility index (Phi) is 6.64. The van der Waals surface area contributed by atoms with E-state index in [1.807, 2.05) is 18.2 Å². The number of carbonyl (C=O) groups excluding carboxylic acids is 2. The van der Waals surface area contributed by atoms with Crippen molar-refractivity contribution in [3.05, 3.63) is 64.1 Å². The van der Waals surface area contributed by atoms with Gasteiger partial charge in [-0.15, -0.1) is 0 Å². The molecular formula is C18H18Cl2N2O2. The van der Waals surface area contributed by atoms with Crippen LogP contribution in [0.25, 0.3) is 0 Å². The SMILES string of the molecule is CC(=O)N(CCc1cccc(Cl)c1)CC(=O)Nc1ccccc1Cl. The highest BCUT2D eigenvalue weighted by Crippen LogP contribution is 2.20. The van der Waals surface area contributed by atoms with E-state index in [0.29, 0.717) is 28.7 Å². The van der Waals surface area contributed by atoms with E-state index < -0.39 is 0 Å². The van der Waals surface area contributed by atoms with Crippen LogP contribution in [-0.2, 0) is 16.0 Å². The van der Waals surface area contributed by atoms with Crippen LogP contribution in [0.4, 0.5) is 5.69 Å². The van der Waals surface area contributed by atoms with Gasteiger partial charge in [0.15, 0.2) is 0 Å². The molecule has 126 valence electrons. The van der Waals surface area contributed by atoms with Crippen LogP contribution < -0.4 is 5.32 Å². The summed E-state index contributed by atoms with van der Waals surface area (Å²) in [7, 11) is 0. The van der Waals surface area contributed by atoms with Crippen LogP contribution in [0.3, 0.4) is 0 Å². The maximum atomic E-state index is 12.2. The average Bonchev–Trinajstić information content (AvgIpc) is 2.53. The van der Waals surface area contributed by atoms with E-state index in [1.165, 1.54) is 11.8 Å². The number of rotatable bonds is 6. The molecular weight excluding hydrogens is 347 g/mol. The Balaban J connectivity index is 1.94. The van der Waals surface area contributed by atoms with Crippen molar-refractivity contribution in [2.75, 3.05) is 18.4 Å². The molecule has 0 atom stereocenters. The quantitative estimate of drug-likeness (QED) is 0.841. The van der Waals surface area contributed by atoms with Gasteiger partial charge in [0.1, 0.15) is 0 Å². The number of hydrogen-bond donors (Lipinski definition) is 1. The van der Waals surface area contributed by atoms with Crippen LogP contribution >= 0.6 is 23.2 Å². The molecule has 0 aliphatic carbocycles. The Bertz CT molecular complexity index is 734. The van der Waals surface area contributed by atoms with E-state index in [1.54, 1.807) is 30.3 Å². The molecule has 0 bridgehead atoms. The van der Waals surface area contributed by atoms with Gasteiger partial charge in [0.25, 0.3) is 0 Å². The molecule has 0 spiro atoms. The molecule has 6 heteroatoms.